The van der Waals surface area contributed by atoms with Crippen LogP contribution in [0.3, 0.4) is 0 Å². The molecule has 0 aromatic rings. The summed E-state index contributed by atoms with van der Waals surface area (Å²) < 4.78 is 4.98. The van der Waals surface area contributed by atoms with E-state index >= 15 is 0 Å². The molecule has 0 heterocycles. The molecule has 0 unspecified atom stereocenters. The van der Waals surface area contributed by atoms with Gasteiger partial charge in [0.2, 0.25) is 0 Å². The summed E-state index contributed by atoms with van der Waals surface area (Å²) in [6.45, 7) is 1.90. The summed E-state index contributed by atoms with van der Waals surface area (Å²) in [5, 5.41) is 0. The Bertz CT molecular complexity index is 297. The standard InChI is InChI=1S/C10H12O3/c1-4(11)13-3-7-5-2-6-8(7)9(6)10(5)12/h5-9H,2-3H2,1H3/t5-,6+,7+,8+,9-/m1/s1. The average molecular weight is 180 g/mol. The number of carbonyl (C=O) groups is 2. The third kappa shape index (κ3) is 0.798. The fourth-order valence-corrected chi connectivity index (χ4v) is 3.44. The van der Waals surface area contributed by atoms with Gasteiger partial charge in [-0.2, -0.15) is 0 Å². The Balaban J connectivity index is 1.69. The molecule has 0 aromatic heterocycles. The van der Waals surface area contributed by atoms with Crippen molar-refractivity contribution >= 4 is 11.8 Å². The van der Waals surface area contributed by atoms with Crippen molar-refractivity contribution in [1.29, 1.82) is 0 Å². The van der Waals surface area contributed by atoms with Crippen LogP contribution in [0.4, 0.5) is 0 Å². The zero-order valence-corrected chi connectivity index (χ0v) is 7.53. The lowest BCUT2D eigenvalue weighted by molar-refractivity contribution is -0.143. The van der Waals surface area contributed by atoms with Crippen LogP contribution < -0.4 is 0 Å². The second-order valence-electron chi connectivity index (χ2n) is 4.48. The van der Waals surface area contributed by atoms with E-state index in [2.05, 4.69) is 0 Å². The molecule has 0 radical (unpaired) electrons. The number of ketones is 1. The van der Waals surface area contributed by atoms with Crippen LogP contribution in [-0.4, -0.2) is 18.4 Å². The van der Waals surface area contributed by atoms with E-state index in [-0.39, 0.29) is 11.9 Å². The van der Waals surface area contributed by atoms with Crippen LogP contribution in [0.25, 0.3) is 0 Å². The lowest BCUT2D eigenvalue weighted by atomic mass is 9.99. The van der Waals surface area contributed by atoms with Gasteiger partial charge in [0, 0.05) is 24.7 Å². The molecule has 4 saturated carbocycles. The molecule has 4 fully saturated rings. The van der Waals surface area contributed by atoms with Gasteiger partial charge in [0.25, 0.3) is 0 Å². The first-order valence-electron chi connectivity index (χ1n) is 4.87. The van der Waals surface area contributed by atoms with E-state index < -0.39 is 0 Å². The van der Waals surface area contributed by atoms with Crippen LogP contribution in [0.5, 0.6) is 0 Å². The summed E-state index contributed by atoms with van der Waals surface area (Å²) in [5.74, 6) is 2.44. The Morgan fingerprint density at radius 2 is 2.38 bits per heavy atom. The van der Waals surface area contributed by atoms with E-state index in [4.69, 9.17) is 4.74 Å². The van der Waals surface area contributed by atoms with E-state index in [1.165, 1.54) is 6.92 Å². The molecule has 0 N–H and O–H groups in total. The minimum atomic E-state index is -0.228. The largest absolute Gasteiger partial charge is 0.466 e. The summed E-state index contributed by atoms with van der Waals surface area (Å²) in [6.07, 6.45) is 1.07. The Hall–Kier alpha value is -0.860. The number of ether oxygens (including phenoxy) is 1. The van der Waals surface area contributed by atoms with Crippen molar-refractivity contribution < 1.29 is 14.3 Å². The summed E-state index contributed by atoms with van der Waals surface area (Å²) in [6, 6.07) is 0. The van der Waals surface area contributed by atoms with Crippen molar-refractivity contribution in [2.45, 2.75) is 13.3 Å². The topological polar surface area (TPSA) is 43.4 Å². The molecule has 0 amide bonds. The number of carbonyl (C=O) groups excluding carboxylic acids is 2. The van der Waals surface area contributed by atoms with E-state index in [0.717, 1.165) is 6.42 Å². The molecule has 3 nitrogen and oxygen atoms in total. The maximum absolute atomic E-state index is 11.5. The van der Waals surface area contributed by atoms with Crippen molar-refractivity contribution in [1.82, 2.24) is 0 Å². The van der Waals surface area contributed by atoms with Crippen molar-refractivity contribution in [3.63, 3.8) is 0 Å². The third-order valence-corrected chi connectivity index (χ3v) is 3.94. The van der Waals surface area contributed by atoms with Crippen LogP contribution in [0.2, 0.25) is 0 Å². The number of hydrogen-bond donors (Lipinski definition) is 0. The fourth-order valence-electron chi connectivity index (χ4n) is 3.44. The smallest absolute Gasteiger partial charge is 0.302 e. The van der Waals surface area contributed by atoms with Crippen molar-refractivity contribution in [3.8, 4) is 0 Å². The molecule has 3 heteroatoms. The predicted octanol–water partition coefficient (Wildman–Crippen LogP) is 0.631. The average Bonchev–Trinajstić information content (AvgIpc) is 2.36. The fraction of sp³-hybridized carbons (Fsp3) is 0.800. The summed E-state index contributed by atoms with van der Waals surface area (Å²) >= 11 is 0. The first kappa shape index (κ1) is 7.54. The molecule has 4 rings (SSSR count). The molecule has 5 atom stereocenters. The predicted molar refractivity (Wildman–Crippen MR) is 43.7 cm³/mol. The molecule has 4 aliphatic carbocycles. The SMILES string of the molecule is CC(=O)OC[C@@H]1[C@@H]2[C@@H]3C[C@H]1C(=O)[C@H]32. The quantitative estimate of drug-likeness (QED) is 0.585. The molecule has 13 heavy (non-hydrogen) atoms. The van der Waals surface area contributed by atoms with Crippen LogP contribution in [0.15, 0.2) is 0 Å². The summed E-state index contributed by atoms with van der Waals surface area (Å²) in [7, 11) is 0. The highest BCUT2D eigenvalue weighted by Crippen LogP contribution is 2.71. The number of rotatable bonds is 2. The maximum Gasteiger partial charge on any atom is 0.302 e. The molecule has 0 saturated heterocycles. The summed E-state index contributed by atoms with van der Waals surface area (Å²) in [4.78, 5) is 22.1. The molecular formula is C10H12O3. The lowest BCUT2D eigenvalue weighted by Gasteiger charge is -2.12. The molecule has 0 spiro atoms. The van der Waals surface area contributed by atoms with Gasteiger partial charge in [-0.3, -0.25) is 9.59 Å². The molecule has 0 aromatic carbocycles. The Morgan fingerprint density at radius 3 is 2.77 bits per heavy atom. The second kappa shape index (κ2) is 2.14. The highest BCUT2D eigenvalue weighted by Gasteiger charge is 2.73. The molecule has 4 aliphatic rings. The van der Waals surface area contributed by atoms with Gasteiger partial charge in [0.15, 0.2) is 0 Å². The Labute approximate surface area is 76.4 Å². The highest BCUT2D eigenvalue weighted by molar-refractivity contribution is 5.93. The van der Waals surface area contributed by atoms with Crippen LogP contribution in [0, 0.1) is 29.6 Å². The van der Waals surface area contributed by atoms with E-state index in [1.807, 2.05) is 0 Å². The van der Waals surface area contributed by atoms with E-state index in [9.17, 15) is 9.59 Å². The number of esters is 1. The van der Waals surface area contributed by atoms with Gasteiger partial charge < -0.3 is 4.74 Å². The van der Waals surface area contributed by atoms with Crippen molar-refractivity contribution in [2.24, 2.45) is 29.6 Å². The van der Waals surface area contributed by atoms with Gasteiger partial charge in [-0.25, -0.2) is 0 Å². The van der Waals surface area contributed by atoms with Crippen molar-refractivity contribution in [3.05, 3.63) is 0 Å². The van der Waals surface area contributed by atoms with Gasteiger partial charge >= 0.3 is 5.97 Å². The molecule has 70 valence electrons. The van der Waals surface area contributed by atoms with E-state index in [0.29, 0.717) is 36.1 Å². The monoisotopic (exact) mass is 180 g/mol. The minimum Gasteiger partial charge on any atom is -0.466 e. The van der Waals surface area contributed by atoms with Gasteiger partial charge in [-0.1, -0.05) is 0 Å². The zero-order valence-electron chi connectivity index (χ0n) is 7.53. The number of hydrogen-bond acceptors (Lipinski definition) is 3. The molecule has 4 bridgehead atoms. The van der Waals surface area contributed by atoms with Crippen LogP contribution in [0.1, 0.15) is 13.3 Å². The maximum atomic E-state index is 11.5. The number of Topliss-reactive ketones (excluding diaryl/α,β-unsaturated/α-hetero) is 1. The highest BCUT2D eigenvalue weighted by atomic mass is 16.5. The normalized spacial score (nSPS) is 49.6. The van der Waals surface area contributed by atoms with Gasteiger partial charge in [0.1, 0.15) is 5.78 Å². The molecular weight excluding hydrogens is 168 g/mol. The zero-order chi connectivity index (χ0) is 9.16. The van der Waals surface area contributed by atoms with Crippen LogP contribution in [-0.2, 0) is 14.3 Å². The van der Waals surface area contributed by atoms with E-state index in [1.54, 1.807) is 0 Å². The third-order valence-electron chi connectivity index (χ3n) is 3.94. The molecule has 0 aliphatic heterocycles. The van der Waals surface area contributed by atoms with Gasteiger partial charge in [-0.05, 0) is 18.3 Å². The van der Waals surface area contributed by atoms with Gasteiger partial charge in [0.05, 0.1) is 6.61 Å². The van der Waals surface area contributed by atoms with Crippen molar-refractivity contribution in [2.75, 3.05) is 6.61 Å². The first-order valence-corrected chi connectivity index (χ1v) is 4.87. The second-order valence-corrected chi connectivity index (χ2v) is 4.48. The van der Waals surface area contributed by atoms with Gasteiger partial charge in [-0.15, -0.1) is 0 Å². The summed E-state index contributed by atoms with van der Waals surface area (Å²) in [5.41, 5.74) is 0. The Morgan fingerprint density at radius 1 is 1.62 bits per heavy atom. The minimum absolute atomic E-state index is 0.228. The first-order chi connectivity index (χ1) is 6.20. The lowest BCUT2D eigenvalue weighted by Crippen LogP contribution is -2.18. The van der Waals surface area contributed by atoms with Crippen LogP contribution >= 0.6 is 0 Å². The Kier molecular flexibility index (Phi) is 1.24.